The molecule has 0 fully saturated rings. The van der Waals surface area contributed by atoms with Gasteiger partial charge in [0.1, 0.15) is 0 Å². The van der Waals surface area contributed by atoms with Crippen molar-refractivity contribution < 1.29 is 4.74 Å². The molecule has 1 rings (SSSR count). The van der Waals surface area contributed by atoms with Crippen molar-refractivity contribution in [3.8, 4) is 0 Å². The van der Waals surface area contributed by atoms with E-state index in [4.69, 9.17) is 4.74 Å². The third kappa shape index (κ3) is 6.49. The van der Waals surface area contributed by atoms with E-state index in [1.54, 1.807) is 0 Å². The lowest BCUT2D eigenvalue weighted by molar-refractivity contribution is 0.170. The Bertz CT molecular complexity index is 455. The molecule has 0 saturated carbocycles. The molecule has 1 heteroatoms. The summed E-state index contributed by atoms with van der Waals surface area (Å²) in [7, 11) is 0. The van der Waals surface area contributed by atoms with Crippen LogP contribution in [0.3, 0.4) is 0 Å². The molecule has 0 aromatic rings. The van der Waals surface area contributed by atoms with Crippen molar-refractivity contribution in [2.75, 3.05) is 6.61 Å². The highest BCUT2D eigenvalue weighted by Crippen LogP contribution is 2.42. The predicted molar refractivity (Wildman–Crippen MR) is 107 cm³/mol. The van der Waals surface area contributed by atoms with Crippen LogP contribution in [-0.2, 0) is 4.74 Å². The minimum Gasteiger partial charge on any atom is -0.498 e. The van der Waals surface area contributed by atoms with Crippen molar-refractivity contribution in [3.63, 3.8) is 0 Å². The van der Waals surface area contributed by atoms with Crippen LogP contribution >= 0.6 is 0 Å². The van der Waals surface area contributed by atoms with Crippen LogP contribution < -0.4 is 0 Å². The zero-order valence-electron chi connectivity index (χ0n) is 17.1. The van der Waals surface area contributed by atoms with E-state index in [0.29, 0.717) is 11.8 Å². The molecule has 1 heterocycles. The van der Waals surface area contributed by atoms with E-state index < -0.39 is 0 Å². The molecule has 3 atom stereocenters. The van der Waals surface area contributed by atoms with Crippen LogP contribution in [-0.4, -0.2) is 6.61 Å². The standard InChI is InChI=1S/C23H40O/c1-17-11-9-12-18(2)15-19(3)22(6)23(7,8)20(4)16-21(5)24-14-10-13-17/h13,18-20H,5-6,9-12,14-16H2,1-4,7-8H3/b17-13-. The van der Waals surface area contributed by atoms with E-state index in [0.717, 1.165) is 31.1 Å². The average molecular weight is 333 g/mol. The van der Waals surface area contributed by atoms with Gasteiger partial charge in [-0.2, -0.15) is 0 Å². The van der Waals surface area contributed by atoms with Crippen molar-refractivity contribution in [2.24, 2.45) is 23.2 Å². The Kier molecular flexibility index (Phi) is 8.33. The Morgan fingerprint density at radius 3 is 2.50 bits per heavy atom. The molecule has 0 spiro atoms. The third-order valence-corrected chi connectivity index (χ3v) is 6.13. The Morgan fingerprint density at radius 2 is 1.83 bits per heavy atom. The van der Waals surface area contributed by atoms with Crippen LogP contribution in [0, 0.1) is 23.2 Å². The van der Waals surface area contributed by atoms with Crippen molar-refractivity contribution >= 4 is 0 Å². The van der Waals surface area contributed by atoms with Crippen LogP contribution in [0.25, 0.3) is 0 Å². The molecule has 1 aliphatic heterocycles. The van der Waals surface area contributed by atoms with E-state index >= 15 is 0 Å². The van der Waals surface area contributed by atoms with Gasteiger partial charge in [0.25, 0.3) is 0 Å². The summed E-state index contributed by atoms with van der Waals surface area (Å²) in [4.78, 5) is 0. The lowest BCUT2D eigenvalue weighted by Crippen LogP contribution is -2.28. The van der Waals surface area contributed by atoms with Crippen LogP contribution in [0.1, 0.15) is 80.1 Å². The van der Waals surface area contributed by atoms with E-state index in [1.165, 1.54) is 36.8 Å². The fourth-order valence-electron chi connectivity index (χ4n) is 3.81. The van der Waals surface area contributed by atoms with Gasteiger partial charge >= 0.3 is 0 Å². The van der Waals surface area contributed by atoms with Crippen LogP contribution in [0.15, 0.2) is 36.1 Å². The first kappa shape index (κ1) is 21.1. The second kappa shape index (κ2) is 9.49. The molecular weight excluding hydrogens is 292 g/mol. The third-order valence-electron chi connectivity index (χ3n) is 6.13. The molecule has 0 aromatic heterocycles. The normalized spacial score (nSPS) is 33.4. The predicted octanol–water partition coefficient (Wildman–Crippen LogP) is 7.31. The maximum atomic E-state index is 5.87. The second-order valence-corrected chi connectivity index (χ2v) is 8.71. The number of allylic oxidation sites excluding steroid dienone is 3. The van der Waals surface area contributed by atoms with E-state index in [2.05, 4.69) is 60.8 Å². The molecule has 1 aliphatic rings. The van der Waals surface area contributed by atoms with Gasteiger partial charge < -0.3 is 4.74 Å². The molecule has 138 valence electrons. The Morgan fingerprint density at radius 1 is 1.17 bits per heavy atom. The highest BCUT2D eigenvalue weighted by Gasteiger charge is 2.32. The van der Waals surface area contributed by atoms with Gasteiger partial charge in [-0.05, 0) is 55.8 Å². The number of hydrogen-bond acceptors (Lipinski definition) is 1. The highest BCUT2D eigenvalue weighted by molar-refractivity contribution is 5.13. The maximum absolute atomic E-state index is 5.87. The summed E-state index contributed by atoms with van der Waals surface area (Å²) in [6.07, 6.45) is 9.29. The Balaban J connectivity index is 2.86. The molecule has 3 unspecified atom stereocenters. The molecule has 0 saturated heterocycles. The molecule has 0 bridgehead atoms. The zero-order valence-corrected chi connectivity index (χ0v) is 17.1. The van der Waals surface area contributed by atoms with Gasteiger partial charge in [0.15, 0.2) is 0 Å². The van der Waals surface area contributed by atoms with Crippen LogP contribution in [0.2, 0.25) is 0 Å². The largest absolute Gasteiger partial charge is 0.498 e. The number of hydrogen-bond donors (Lipinski definition) is 0. The Hall–Kier alpha value is -0.980. The molecule has 0 aliphatic carbocycles. The van der Waals surface area contributed by atoms with Crippen molar-refractivity contribution in [1.29, 1.82) is 0 Å². The van der Waals surface area contributed by atoms with Crippen LogP contribution in [0.5, 0.6) is 0 Å². The number of rotatable bonds is 0. The summed E-state index contributed by atoms with van der Waals surface area (Å²) < 4.78 is 5.87. The first-order chi connectivity index (χ1) is 11.1. The summed E-state index contributed by atoms with van der Waals surface area (Å²) in [6, 6.07) is 0. The fraction of sp³-hybridized carbons (Fsp3) is 0.739. The molecule has 0 aromatic carbocycles. The quantitative estimate of drug-likeness (QED) is 0.423. The monoisotopic (exact) mass is 332 g/mol. The lowest BCUT2D eigenvalue weighted by atomic mass is 9.68. The minimum absolute atomic E-state index is 0.110. The highest BCUT2D eigenvalue weighted by atomic mass is 16.5. The van der Waals surface area contributed by atoms with Crippen LogP contribution in [0.4, 0.5) is 0 Å². The fourth-order valence-corrected chi connectivity index (χ4v) is 3.81. The SMILES string of the molecule is C=C1CC(C)C(C)(C)C(=C)C(C)CC(C)CCC/C(C)=C\CCO1. The van der Waals surface area contributed by atoms with Gasteiger partial charge in [0, 0.05) is 6.42 Å². The van der Waals surface area contributed by atoms with E-state index in [9.17, 15) is 0 Å². The summed E-state index contributed by atoms with van der Waals surface area (Å²) >= 11 is 0. The summed E-state index contributed by atoms with van der Waals surface area (Å²) in [5.74, 6) is 2.74. The van der Waals surface area contributed by atoms with E-state index in [-0.39, 0.29) is 5.41 Å². The van der Waals surface area contributed by atoms with Crippen molar-refractivity contribution in [2.45, 2.75) is 80.1 Å². The van der Waals surface area contributed by atoms with Gasteiger partial charge in [-0.3, -0.25) is 0 Å². The minimum atomic E-state index is 0.110. The first-order valence-electron chi connectivity index (χ1n) is 9.80. The topological polar surface area (TPSA) is 9.23 Å². The van der Waals surface area contributed by atoms with Crippen molar-refractivity contribution in [1.82, 2.24) is 0 Å². The molecule has 24 heavy (non-hydrogen) atoms. The van der Waals surface area contributed by atoms with Gasteiger partial charge in [-0.25, -0.2) is 0 Å². The number of ether oxygens (including phenoxy) is 1. The molecular formula is C23H40O. The zero-order chi connectivity index (χ0) is 18.3. The summed E-state index contributed by atoms with van der Waals surface area (Å²) in [5.41, 5.74) is 2.99. The molecule has 0 N–H and O–H groups in total. The van der Waals surface area contributed by atoms with Gasteiger partial charge in [-0.15, -0.1) is 0 Å². The molecule has 1 nitrogen and oxygen atoms in total. The molecule has 0 radical (unpaired) electrons. The van der Waals surface area contributed by atoms with Gasteiger partial charge in [-0.1, -0.05) is 71.4 Å². The molecule has 0 amide bonds. The lowest BCUT2D eigenvalue weighted by Gasteiger charge is -2.38. The van der Waals surface area contributed by atoms with Gasteiger partial charge in [0.2, 0.25) is 0 Å². The second-order valence-electron chi connectivity index (χ2n) is 8.71. The van der Waals surface area contributed by atoms with E-state index in [1.807, 2.05) is 0 Å². The Labute approximate surface area is 151 Å². The summed E-state index contributed by atoms with van der Waals surface area (Å²) in [6.45, 7) is 23.4. The van der Waals surface area contributed by atoms with Gasteiger partial charge in [0.05, 0.1) is 12.4 Å². The first-order valence-corrected chi connectivity index (χ1v) is 9.80. The maximum Gasteiger partial charge on any atom is 0.0911 e. The average Bonchev–Trinajstić information content (AvgIpc) is 2.49. The smallest absolute Gasteiger partial charge is 0.0911 e. The van der Waals surface area contributed by atoms with Crippen molar-refractivity contribution in [3.05, 3.63) is 36.1 Å². The summed E-state index contributed by atoms with van der Waals surface area (Å²) in [5, 5.41) is 0.